The van der Waals surface area contributed by atoms with Crippen molar-refractivity contribution >= 4 is 6.29 Å². The first-order valence-corrected chi connectivity index (χ1v) is 4.85. The van der Waals surface area contributed by atoms with Crippen molar-refractivity contribution in [2.24, 2.45) is 0 Å². The predicted molar refractivity (Wildman–Crippen MR) is 55.3 cm³/mol. The molecule has 0 N–H and O–H groups in total. The van der Waals surface area contributed by atoms with Gasteiger partial charge in [-0.25, -0.2) is 9.07 Å². The van der Waals surface area contributed by atoms with E-state index in [1.807, 2.05) is 0 Å². The van der Waals surface area contributed by atoms with Crippen LogP contribution >= 0.6 is 0 Å². The Balaban J connectivity index is 2.08. The molecule has 0 aliphatic carbocycles. The van der Waals surface area contributed by atoms with Crippen LogP contribution in [0.5, 0.6) is 0 Å². The third kappa shape index (κ3) is 2.50. The first-order valence-electron chi connectivity index (χ1n) is 4.85. The van der Waals surface area contributed by atoms with Crippen LogP contribution in [-0.4, -0.2) is 21.3 Å². The number of hydrogen-bond acceptors (Lipinski definition) is 3. The predicted octanol–water partition coefficient (Wildman–Crippen LogP) is 1.21. The summed E-state index contributed by atoms with van der Waals surface area (Å²) in [5.41, 5.74) is 1.57. The van der Waals surface area contributed by atoms with Gasteiger partial charge in [-0.15, -0.1) is 5.10 Å². The summed E-state index contributed by atoms with van der Waals surface area (Å²) in [6.45, 7) is 0.520. The second-order valence-electron chi connectivity index (χ2n) is 3.40. The Kier molecular flexibility index (Phi) is 3.05. The van der Waals surface area contributed by atoms with Crippen molar-refractivity contribution in [2.75, 3.05) is 0 Å². The average Bonchev–Trinajstić information content (AvgIpc) is 2.70. The average molecular weight is 219 g/mol. The summed E-state index contributed by atoms with van der Waals surface area (Å²) in [6.07, 6.45) is 2.76. The molecule has 4 nitrogen and oxygen atoms in total. The van der Waals surface area contributed by atoms with Gasteiger partial charge in [-0.2, -0.15) is 0 Å². The Bertz CT molecular complexity index is 478. The number of aromatic nitrogens is 3. The quantitative estimate of drug-likeness (QED) is 0.726. The minimum Gasteiger partial charge on any atom is -0.303 e. The van der Waals surface area contributed by atoms with E-state index in [0.717, 1.165) is 11.8 Å². The fourth-order valence-electron chi connectivity index (χ4n) is 1.37. The van der Waals surface area contributed by atoms with Crippen molar-refractivity contribution in [2.45, 2.75) is 13.0 Å². The minimum absolute atomic E-state index is 0.260. The molecule has 1 heterocycles. The molecule has 1 aromatic heterocycles. The maximum atomic E-state index is 12.7. The van der Waals surface area contributed by atoms with E-state index in [1.165, 1.54) is 12.1 Å². The molecule has 0 spiro atoms. The molecule has 0 saturated heterocycles. The Morgan fingerprint density at radius 2 is 2.06 bits per heavy atom. The zero-order valence-electron chi connectivity index (χ0n) is 8.51. The van der Waals surface area contributed by atoms with Crippen molar-refractivity contribution in [1.29, 1.82) is 0 Å². The fraction of sp³-hybridized carbons (Fsp3) is 0.182. The standard InChI is InChI=1S/C11H10FN3O/c12-10-3-1-9(2-4-10)7-15-8-11(5-6-16)13-14-15/h1-4,6,8H,5,7H2. The van der Waals surface area contributed by atoms with Crippen LogP contribution in [0.4, 0.5) is 4.39 Å². The molecule has 82 valence electrons. The van der Waals surface area contributed by atoms with Gasteiger partial charge in [-0.3, -0.25) is 0 Å². The zero-order chi connectivity index (χ0) is 11.4. The lowest BCUT2D eigenvalue weighted by Crippen LogP contribution is -2.00. The van der Waals surface area contributed by atoms with Crippen LogP contribution < -0.4 is 0 Å². The molecule has 1 aromatic carbocycles. The molecule has 0 aliphatic rings. The molecule has 0 atom stereocenters. The van der Waals surface area contributed by atoms with Crippen LogP contribution in [0.15, 0.2) is 30.5 Å². The highest BCUT2D eigenvalue weighted by Gasteiger charge is 2.01. The first kappa shape index (κ1) is 10.5. The molecule has 0 amide bonds. The van der Waals surface area contributed by atoms with Gasteiger partial charge in [0.1, 0.15) is 12.1 Å². The lowest BCUT2D eigenvalue weighted by atomic mass is 10.2. The van der Waals surface area contributed by atoms with Gasteiger partial charge in [0.05, 0.1) is 12.2 Å². The molecule has 0 saturated carbocycles. The minimum atomic E-state index is -0.260. The van der Waals surface area contributed by atoms with Crippen LogP contribution in [0.1, 0.15) is 11.3 Å². The van der Waals surface area contributed by atoms with E-state index in [-0.39, 0.29) is 12.2 Å². The summed E-state index contributed by atoms with van der Waals surface area (Å²) in [7, 11) is 0. The van der Waals surface area contributed by atoms with Crippen molar-refractivity contribution in [3.05, 3.63) is 47.5 Å². The molecule has 0 fully saturated rings. The Labute approximate surface area is 91.7 Å². The molecule has 0 unspecified atom stereocenters. The lowest BCUT2D eigenvalue weighted by Gasteiger charge is -1.99. The van der Waals surface area contributed by atoms with Gasteiger partial charge >= 0.3 is 0 Å². The van der Waals surface area contributed by atoms with Crippen molar-refractivity contribution < 1.29 is 9.18 Å². The highest BCUT2D eigenvalue weighted by atomic mass is 19.1. The number of hydrogen-bond donors (Lipinski definition) is 0. The molecule has 0 aliphatic heterocycles. The van der Waals surface area contributed by atoms with E-state index in [4.69, 9.17) is 0 Å². The monoisotopic (exact) mass is 219 g/mol. The lowest BCUT2D eigenvalue weighted by molar-refractivity contribution is -0.107. The summed E-state index contributed by atoms with van der Waals surface area (Å²) in [6, 6.07) is 6.18. The van der Waals surface area contributed by atoms with Crippen LogP contribution in [0.25, 0.3) is 0 Å². The SMILES string of the molecule is O=CCc1cn(Cc2ccc(F)cc2)nn1. The van der Waals surface area contributed by atoms with Gasteiger partial charge in [-0.05, 0) is 17.7 Å². The van der Waals surface area contributed by atoms with Gasteiger partial charge in [0.2, 0.25) is 0 Å². The van der Waals surface area contributed by atoms with Crippen LogP contribution in [0, 0.1) is 5.82 Å². The molecule has 16 heavy (non-hydrogen) atoms. The van der Waals surface area contributed by atoms with Gasteiger partial charge in [0.15, 0.2) is 0 Å². The zero-order valence-corrected chi connectivity index (χ0v) is 8.51. The van der Waals surface area contributed by atoms with Gasteiger partial charge < -0.3 is 4.79 Å². The number of carbonyl (C=O) groups excluding carboxylic acids is 1. The number of halogens is 1. The second-order valence-corrected chi connectivity index (χ2v) is 3.40. The summed E-state index contributed by atoms with van der Waals surface area (Å²) in [5.74, 6) is -0.260. The summed E-state index contributed by atoms with van der Waals surface area (Å²) in [5, 5.41) is 7.69. The summed E-state index contributed by atoms with van der Waals surface area (Å²) in [4.78, 5) is 10.3. The summed E-state index contributed by atoms with van der Waals surface area (Å²) < 4.78 is 14.3. The van der Waals surface area contributed by atoms with Gasteiger partial charge in [0.25, 0.3) is 0 Å². The van der Waals surface area contributed by atoms with Crippen LogP contribution in [-0.2, 0) is 17.8 Å². The van der Waals surface area contributed by atoms with Crippen molar-refractivity contribution in [3.63, 3.8) is 0 Å². The second kappa shape index (κ2) is 4.65. The smallest absolute Gasteiger partial charge is 0.126 e. The molecule has 2 aromatic rings. The number of carbonyl (C=O) groups is 1. The molecular formula is C11H10FN3O. The highest BCUT2D eigenvalue weighted by Crippen LogP contribution is 2.04. The molecular weight excluding hydrogens is 209 g/mol. The third-order valence-electron chi connectivity index (χ3n) is 2.14. The van der Waals surface area contributed by atoms with Crippen LogP contribution in [0.2, 0.25) is 0 Å². The Morgan fingerprint density at radius 1 is 1.31 bits per heavy atom. The number of benzene rings is 1. The van der Waals surface area contributed by atoms with E-state index < -0.39 is 0 Å². The van der Waals surface area contributed by atoms with Gasteiger partial charge in [0, 0.05) is 12.6 Å². The van der Waals surface area contributed by atoms with E-state index >= 15 is 0 Å². The topological polar surface area (TPSA) is 47.8 Å². The molecule has 0 bridgehead atoms. The number of nitrogens with zero attached hydrogens (tertiary/aromatic N) is 3. The van der Waals surface area contributed by atoms with Crippen LogP contribution in [0.3, 0.4) is 0 Å². The largest absolute Gasteiger partial charge is 0.303 e. The third-order valence-corrected chi connectivity index (χ3v) is 2.14. The Hall–Kier alpha value is -2.04. The van der Waals surface area contributed by atoms with E-state index in [0.29, 0.717) is 12.2 Å². The first-order chi connectivity index (χ1) is 7.78. The fourth-order valence-corrected chi connectivity index (χ4v) is 1.37. The number of rotatable bonds is 4. The van der Waals surface area contributed by atoms with E-state index in [1.54, 1.807) is 23.0 Å². The summed E-state index contributed by atoms with van der Waals surface area (Å²) >= 11 is 0. The van der Waals surface area contributed by atoms with E-state index in [2.05, 4.69) is 10.3 Å². The molecule has 0 radical (unpaired) electrons. The van der Waals surface area contributed by atoms with Crippen molar-refractivity contribution in [1.82, 2.24) is 15.0 Å². The van der Waals surface area contributed by atoms with Crippen molar-refractivity contribution in [3.8, 4) is 0 Å². The normalized spacial score (nSPS) is 10.3. The molecule has 2 rings (SSSR count). The Morgan fingerprint density at radius 3 is 2.75 bits per heavy atom. The maximum Gasteiger partial charge on any atom is 0.126 e. The molecule has 5 heteroatoms. The van der Waals surface area contributed by atoms with Gasteiger partial charge in [-0.1, -0.05) is 17.3 Å². The highest BCUT2D eigenvalue weighted by molar-refractivity contribution is 5.53. The maximum absolute atomic E-state index is 12.7. The van der Waals surface area contributed by atoms with E-state index in [9.17, 15) is 9.18 Å². The number of aldehydes is 1.